The zero-order chi connectivity index (χ0) is 22.4. The van der Waals surface area contributed by atoms with Gasteiger partial charge in [0.15, 0.2) is 0 Å². The van der Waals surface area contributed by atoms with E-state index in [-0.39, 0.29) is 10.6 Å². The highest BCUT2D eigenvalue weighted by atomic mass is 32.2. The number of nitrogens with zero attached hydrogens (tertiary/aromatic N) is 4. The Bertz CT molecular complexity index is 1380. The standard InChI is InChI=1S/C19H17F3N6O2S/c1-3-12-4-5-15-17(11(2)25-26-15)18(12)27-31(29,30)14-9-24-28(10-14)13-6-7-23-16(8-13)19(20,21)22/h4-10,27H,3H2,1-2H3,(H,25,26). The third kappa shape index (κ3) is 3.85. The quantitative estimate of drug-likeness (QED) is 0.481. The Labute approximate surface area is 175 Å². The van der Waals surface area contributed by atoms with E-state index in [1.165, 1.54) is 6.07 Å². The molecule has 0 aliphatic rings. The van der Waals surface area contributed by atoms with Gasteiger partial charge in [0, 0.05) is 11.6 Å². The van der Waals surface area contributed by atoms with Gasteiger partial charge in [0.25, 0.3) is 10.0 Å². The van der Waals surface area contributed by atoms with Crippen molar-refractivity contribution >= 4 is 26.6 Å². The minimum Gasteiger partial charge on any atom is -0.278 e. The molecule has 4 aromatic rings. The topological polar surface area (TPSA) is 106 Å². The average Bonchev–Trinajstić information content (AvgIpc) is 3.36. The van der Waals surface area contributed by atoms with Crippen LogP contribution in [0.3, 0.4) is 0 Å². The normalized spacial score (nSPS) is 12.4. The fourth-order valence-corrected chi connectivity index (χ4v) is 4.27. The van der Waals surface area contributed by atoms with E-state index >= 15 is 0 Å². The summed E-state index contributed by atoms with van der Waals surface area (Å²) >= 11 is 0. The number of aryl methyl sites for hydroxylation is 2. The number of aromatic amines is 1. The lowest BCUT2D eigenvalue weighted by molar-refractivity contribution is -0.141. The van der Waals surface area contributed by atoms with Crippen LogP contribution in [0, 0.1) is 6.92 Å². The van der Waals surface area contributed by atoms with Crippen molar-refractivity contribution in [3.8, 4) is 5.69 Å². The zero-order valence-corrected chi connectivity index (χ0v) is 17.2. The molecular weight excluding hydrogens is 433 g/mol. The lowest BCUT2D eigenvalue weighted by atomic mass is 10.1. The first-order valence-corrected chi connectivity index (χ1v) is 10.7. The van der Waals surface area contributed by atoms with Gasteiger partial charge in [-0.2, -0.15) is 23.4 Å². The molecule has 0 amide bonds. The van der Waals surface area contributed by atoms with Crippen molar-refractivity contribution < 1.29 is 21.6 Å². The van der Waals surface area contributed by atoms with Gasteiger partial charge in [-0.25, -0.2) is 13.1 Å². The number of pyridine rings is 1. The summed E-state index contributed by atoms with van der Waals surface area (Å²) in [5, 5.41) is 11.5. The van der Waals surface area contributed by atoms with E-state index in [1.54, 1.807) is 13.0 Å². The van der Waals surface area contributed by atoms with Crippen molar-refractivity contribution in [2.75, 3.05) is 4.72 Å². The molecule has 12 heteroatoms. The highest BCUT2D eigenvalue weighted by Crippen LogP contribution is 2.32. The Hall–Kier alpha value is -3.41. The SMILES string of the molecule is CCc1ccc2[nH]nc(C)c2c1NS(=O)(=O)c1cnn(-c2ccnc(C(F)(F)F)c2)c1. The molecule has 3 aromatic heterocycles. The van der Waals surface area contributed by atoms with E-state index in [0.29, 0.717) is 28.7 Å². The van der Waals surface area contributed by atoms with Gasteiger partial charge in [0.05, 0.1) is 35.0 Å². The molecule has 0 aliphatic carbocycles. The summed E-state index contributed by atoms with van der Waals surface area (Å²) in [7, 11) is -4.07. The van der Waals surface area contributed by atoms with Gasteiger partial charge in [-0.3, -0.25) is 14.8 Å². The molecule has 0 fully saturated rings. The number of H-pyrrole nitrogens is 1. The number of nitrogens with one attached hydrogen (secondary N) is 2. The second kappa shape index (κ2) is 7.38. The Kier molecular flexibility index (Phi) is 4.96. The van der Waals surface area contributed by atoms with E-state index in [1.807, 2.05) is 13.0 Å². The van der Waals surface area contributed by atoms with Crippen molar-refractivity contribution in [1.82, 2.24) is 25.0 Å². The van der Waals surface area contributed by atoms with Crippen LogP contribution in [0.2, 0.25) is 0 Å². The van der Waals surface area contributed by atoms with Gasteiger partial charge < -0.3 is 0 Å². The van der Waals surface area contributed by atoms with Crippen molar-refractivity contribution in [3.63, 3.8) is 0 Å². The number of aromatic nitrogens is 5. The highest BCUT2D eigenvalue weighted by Gasteiger charge is 2.32. The lowest BCUT2D eigenvalue weighted by Gasteiger charge is -2.12. The maximum Gasteiger partial charge on any atom is 0.433 e. The van der Waals surface area contributed by atoms with Gasteiger partial charge in [-0.1, -0.05) is 13.0 Å². The molecule has 3 heterocycles. The monoisotopic (exact) mass is 450 g/mol. The Morgan fingerprint density at radius 1 is 1.23 bits per heavy atom. The molecular formula is C19H17F3N6O2S. The smallest absolute Gasteiger partial charge is 0.278 e. The van der Waals surface area contributed by atoms with Crippen LogP contribution in [-0.2, 0) is 22.6 Å². The van der Waals surface area contributed by atoms with Crippen LogP contribution in [0.4, 0.5) is 18.9 Å². The number of hydrogen-bond acceptors (Lipinski definition) is 5. The van der Waals surface area contributed by atoms with Crippen molar-refractivity contribution in [2.24, 2.45) is 0 Å². The van der Waals surface area contributed by atoms with Crippen molar-refractivity contribution in [2.45, 2.75) is 31.3 Å². The molecule has 0 aliphatic heterocycles. The van der Waals surface area contributed by atoms with Crippen LogP contribution in [0.1, 0.15) is 23.9 Å². The molecule has 0 unspecified atom stereocenters. The maximum absolute atomic E-state index is 13.0. The number of sulfonamides is 1. The maximum atomic E-state index is 13.0. The van der Waals surface area contributed by atoms with E-state index in [9.17, 15) is 21.6 Å². The summed E-state index contributed by atoms with van der Waals surface area (Å²) in [4.78, 5) is 3.10. The lowest BCUT2D eigenvalue weighted by Crippen LogP contribution is -2.14. The van der Waals surface area contributed by atoms with Gasteiger partial charge in [-0.15, -0.1) is 0 Å². The minimum atomic E-state index is -4.63. The third-order valence-corrected chi connectivity index (χ3v) is 6.09. The van der Waals surface area contributed by atoms with E-state index < -0.39 is 21.9 Å². The molecule has 1 aromatic carbocycles. The molecule has 0 spiro atoms. The van der Waals surface area contributed by atoms with Crippen LogP contribution in [0.25, 0.3) is 16.6 Å². The summed E-state index contributed by atoms with van der Waals surface area (Å²) < 4.78 is 68.5. The van der Waals surface area contributed by atoms with Crippen LogP contribution in [-0.4, -0.2) is 33.4 Å². The average molecular weight is 450 g/mol. The summed E-state index contributed by atoms with van der Waals surface area (Å²) in [6.07, 6.45) is -0.843. The number of anilines is 1. The Morgan fingerprint density at radius 3 is 2.71 bits per heavy atom. The summed E-state index contributed by atoms with van der Waals surface area (Å²) in [5.41, 5.74) is 1.43. The van der Waals surface area contributed by atoms with E-state index in [2.05, 4.69) is 25.0 Å². The number of benzene rings is 1. The minimum absolute atomic E-state index is 0.0332. The second-order valence-corrected chi connectivity index (χ2v) is 8.49. The van der Waals surface area contributed by atoms with Gasteiger partial charge in [0.1, 0.15) is 10.6 Å². The first-order valence-electron chi connectivity index (χ1n) is 9.18. The predicted molar refractivity (Wildman–Crippen MR) is 107 cm³/mol. The molecule has 162 valence electrons. The van der Waals surface area contributed by atoms with Gasteiger partial charge >= 0.3 is 6.18 Å². The molecule has 2 N–H and O–H groups in total. The fourth-order valence-electron chi connectivity index (χ4n) is 3.22. The van der Waals surface area contributed by atoms with E-state index in [4.69, 9.17) is 0 Å². The van der Waals surface area contributed by atoms with Crippen LogP contribution < -0.4 is 4.72 Å². The number of fused-ring (bicyclic) bond motifs is 1. The third-order valence-electron chi connectivity index (χ3n) is 4.78. The van der Waals surface area contributed by atoms with Crippen LogP contribution in [0.5, 0.6) is 0 Å². The van der Waals surface area contributed by atoms with E-state index in [0.717, 1.165) is 34.9 Å². The van der Waals surface area contributed by atoms with Gasteiger partial charge in [0.2, 0.25) is 0 Å². The zero-order valence-electron chi connectivity index (χ0n) is 16.4. The molecule has 8 nitrogen and oxygen atoms in total. The second-order valence-electron chi connectivity index (χ2n) is 6.81. The van der Waals surface area contributed by atoms with Crippen LogP contribution >= 0.6 is 0 Å². The molecule has 31 heavy (non-hydrogen) atoms. The predicted octanol–water partition coefficient (Wildman–Crippen LogP) is 3.83. The van der Waals surface area contributed by atoms with Crippen molar-refractivity contribution in [3.05, 3.63) is 59.8 Å². The molecule has 0 atom stereocenters. The molecule has 4 rings (SSSR count). The van der Waals surface area contributed by atoms with Crippen LogP contribution in [0.15, 0.2) is 47.8 Å². The molecule has 0 radical (unpaired) electrons. The Balaban J connectivity index is 1.72. The van der Waals surface area contributed by atoms with Gasteiger partial charge in [-0.05, 0) is 37.1 Å². The number of halogens is 3. The van der Waals surface area contributed by atoms with Crippen molar-refractivity contribution in [1.29, 1.82) is 0 Å². The number of hydrogen-bond donors (Lipinski definition) is 2. The molecule has 0 saturated carbocycles. The first-order chi connectivity index (χ1) is 14.6. The number of alkyl halides is 3. The summed E-state index contributed by atoms with van der Waals surface area (Å²) in [5.74, 6) is 0. The first kappa shape index (κ1) is 20.8. The molecule has 0 bridgehead atoms. The highest BCUT2D eigenvalue weighted by molar-refractivity contribution is 7.92. The largest absolute Gasteiger partial charge is 0.433 e. The Morgan fingerprint density at radius 2 is 2.00 bits per heavy atom. The summed E-state index contributed by atoms with van der Waals surface area (Å²) in [6, 6.07) is 5.72. The summed E-state index contributed by atoms with van der Waals surface area (Å²) in [6.45, 7) is 3.66. The molecule has 0 saturated heterocycles. The number of rotatable bonds is 5. The fraction of sp³-hybridized carbons (Fsp3) is 0.211.